The number of nitrogens with zero attached hydrogens (tertiary/aromatic N) is 3. The van der Waals surface area contributed by atoms with Gasteiger partial charge in [-0.25, -0.2) is 4.68 Å². The maximum Gasteiger partial charge on any atom is 0.283 e. The van der Waals surface area contributed by atoms with Crippen LogP contribution in [-0.2, 0) is 13.0 Å². The summed E-state index contributed by atoms with van der Waals surface area (Å²) in [4.78, 5) is 16.1. The summed E-state index contributed by atoms with van der Waals surface area (Å²) in [6, 6.07) is 3.97. The van der Waals surface area contributed by atoms with E-state index in [0.717, 1.165) is 31.5 Å². The molecule has 0 aliphatic heterocycles. The number of hydrogen-bond donors (Lipinski definition) is 1. The second-order valence-corrected chi connectivity index (χ2v) is 5.58. The van der Waals surface area contributed by atoms with E-state index in [1.807, 2.05) is 12.1 Å². The zero-order valence-corrected chi connectivity index (χ0v) is 13.6. The molecule has 0 saturated carbocycles. The van der Waals surface area contributed by atoms with E-state index in [9.17, 15) is 4.79 Å². The first kappa shape index (κ1) is 15.7. The van der Waals surface area contributed by atoms with Gasteiger partial charge in [-0.05, 0) is 46.5 Å². The Bertz CT molecular complexity index is 627. The van der Waals surface area contributed by atoms with Crippen LogP contribution in [0.15, 0.2) is 40.0 Å². The molecule has 0 aromatic carbocycles. The molecular weight excluding hydrogens is 332 g/mol. The van der Waals surface area contributed by atoms with Gasteiger partial charge in [0.05, 0.1) is 11.9 Å². The molecule has 0 saturated heterocycles. The standard InChI is InChI=1S/C15H19BrN4O/c1-2-3-10-20-15(21)14(16)13(11-19-20)18-9-6-12-4-7-17-8-5-12/h4-5,7-8,11,18H,2-3,6,9-10H2,1H3. The van der Waals surface area contributed by atoms with Crippen molar-refractivity contribution in [1.29, 1.82) is 0 Å². The van der Waals surface area contributed by atoms with Crippen LogP contribution in [0.5, 0.6) is 0 Å². The van der Waals surface area contributed by atoms with Gasteiger partial charge in [0.2, 0.25) is 0 Å². The average molecular weight is 351 g/mol. The van der Waals surface area contributed by atoms with Gasteiger partial charge in [-0.2, -0.15) is 5.10 Å². The summed E-state index contributed by atoms with van der Waals surface area (Å²) in [7, 11) is 0. The molecule has 21 heavy (non-hydrogen) atoms. The van der Waals surface area contributed by atoms with Gasteiger partial charge in [-0.15, -0.1) is 0 Å². The van der Waals surface area contributed by atoms with Crippen LogP contribution in [0.25, 0.3) is 0 Å². The fraction of sp³-hybridized carbons (Fsp3) is 0.400. The van der Waals surface area contributed by atoms with Crippen molar-refractivity contribution in [2.45, 2.75) is 32.7 Å². The summed E-state index contributed by atoms with van der Waals surface area (Å²) < 4.78 is 2.05. The smallest absolute Gasteiger partial charge is 0.283 e. The molecule has 112 valence electrons. The van der Waals surface area contributed by atoms with Crippen molar-refractivity contribution in [3.8, 4) is 0 Å². The Labute approximate surface area is 132 Å². The average Bonchev–Trinajstić information content (AvgIpc) is 2.52. The van der Waals surface area contributed by atoms with Crippen LogP contribution in [0.2, 0.25) is 0 Å². The summed E-state index contributed by atoms with van der Waals surface area (Å²) >= 11 is 3.36. The van der Waals surface area contributed by atoms with Gasteiger partial charge >= 0.3 is 0 Å². The molecule has 1 N–H and O–H groups in total. The highest BCUT2D eigenvalue weighted by Crippen LogP contribution is 2.16. The monoisotopic (exact) mass is 350 g/mol. The molecule has 0 aliphatic rings. The quantitative estimate of drug-likeness (QED) is 0.833. The highest BCUT2D eigenvalue weighted by atomic mass is 79.9. The van der Waals surface area contributed by atoms with Crippen LogP contribution < -0.4 is 10.9 Å². The largest absolute Gasteiger partial charge is 0.382 e. The molecule has 2 aromatic heterocycles. The molecule has 2 aromatic rings. The predicted octanol–water partition coefficient (Wildman–Crippen LogP) is 2.86. The third kappa shape index (κ3) is 4.39. The van der Waals surface area contributed by atoms with Gasteiger partial charge in [0, 0.05) is 25.5 Å². The van der Waals surface area contributed by atoms with Gasteiger partial charge in [-0.1, -0.05) is 13.3 Å². The van der Waals surface area contributed by atoms with Crippen LogP contribution in [0, 0.1) is 0 Å². The number of halogens is 1. The summed E-state index contributed by atoms with van der Waals surface area (Å²) in [6.45, 7) is 3.49. The van der Waals surface area contributed by atoms with Crippen molar-refractivity contribution in [3.63, 3.8) is 0 Å². The number of anilines is 1. The van der Waals surface area contributed by atoms with Gasteiger partial charge in [0.25, 0.3) is 5.56 Å². The van der Waals surface area contributed by atoms with Gasteiger partial charge < -0.3 is 5.32 Å². The van der Waals surface area contributed by atoms with Crippen LogP contribution >= 0.6 is 15.9 Å². The lowest BCUT2D eigenvalue weighted by molar-refractivity contribution is 0.541. The van der Waals surface area contributed by atoms with Crippen LogP contribution in [0.4, 0.5) is 5.69 Å². The summed E-state index contributed by atoms with van der Waals surface area (Å²) in [5, 5.41) is 7.45. The highest BCUT2D eigenvalue weighted by Gasteiger charge is 2.08. The normalized spacial score (nSPS) is 10.6. The molecular formula is C15H19BrN4O. The lowest BCUT2D eigenvalue weighted by Gasteiger charge is -2.10. The van der Waals surface area contributed by atoms with E-state index in [-0.39, 0.29) is 5.56 Å². The van der Waals surface area contributed by atoms with E-state index in [0.29, 0.717) is 11.0 Å². The van der Waals surface area contributed by atoms with Crippen molar-refractivity contribution in [2.24, 2.45) is 0 Å². The maximum atomic E-state index is 12.1. The number of aryl methyl sites for hydroxylation is 1. The van der Waals surface area contributed by atoms with E-state index < -0.39 is 0 Å². The molecule has 0 bridgehead atoms. The predicted molar refractivity (Wildman–Crippen MR) is 87.5 cm³/mol. The number of rotatable bonds is 7. The fourth-order valence-corrected chi connectivity index (χ4v) is 2.39. The number of unbranched alkanes of at least 4 members (excludes halogenated alkanes) is 1. The molecule has 5 nitrogen and oxygen atoms in total. The molecule has 0 aliphatic carbocycles. The van der Waals surface area contributed by atoms with Crippen molar-refractivity contribution in [1.82, 2.24) is 14.8 Å². The Hall–Kier alpha value is -1.69. The summed E-state index contributed by atoms with van der Waals surface area (Å²) in [6.07, 6.45) is 8.12. The number of pyridine rings is 1. The van der Waals surface area contributed by atoms with Gasteiger partial charge in [0.1, 0.15) is 4.47 Å². The number of aromatic nitrogens is 3. The van der Waals surface area contributed by atoms with Gasteiger partial charge in [0.15, 0.2) is 0 Å². The van der Waals surface area contributed by atoms with Crippen LogP contribution in [0.3, 0.4) is 0 Å². The fourth-order valence-electron chi connectivity index (χ4n) is 1.95. The Morgan fingerprint density at radius 2 is 2.10 bits per heavy atom. The van der Waals surface area contributed by atoms with Crippen molar-refractivity contribution < 1.29 is 0 Å². The molecule has 0 spiro atoms. The molecule has 2 heterocycles. The zero-order valence-electron chi connectivity index (χ0n) is 12.1. The SMILES string of the molecule is CCCCn1ncc(NCCc2ccncc2)c(Br)c1=O. The Kier molecular flexibility index (Phi) is 5.92. The first-order valence-electron chi connectivity index (χ1n) is 7.10. The van der Waals surface area contributed by atoms with E-state index in [1.54, 1.807) is 18.6 Å². The topological polar surface area (TPSA) is 59.8 Å². The summed E-state index contributed by atoms with van der Waals surface area (Å²) in [5.74, 6) is 0. The van der Waals surface area contributed by atoms with Crippen LogP contribution in [-0.4, -0.2) is 21.3 Å². The molecule has 0 amide bonds. The minimum absolute atomic E-state index is 0.0858. The van der Waals surface area contributed by atoms with E-state index in [4.69, 9.17) is 0 Å². The lowest BCUT2D eigenvalue weighted by atomic mass is 10.2. The summed E-state index contributed by atoms with van der Waals surface area (Å²) in [5.41, 5.74) is 1.86. The third-order valence-corrected chi connectivity index (χ3v) is 3.95. The van der Waals surface area contributed by atoms with E-state index in [2.05, 4.69) is 38.3 Å². The molecule has 0 atom stereocenters. The van der Waals surface area contributed by atoms with Crippen LogP contribution in [0.1, 0.15) is 25.3 Å². The Morgan fingerprint density at radius 3 is 2.81 bits per heavy atom. The molecule has 2 rings (SSSR count). The number of hydrogen-bond acceptors (Lipinski definition) is 4. The Balaban J connectivity index is 1.97. The zero-order chi connectivity index (χ0) is 15.1. The second kappa shape index (κ2) is 7.93. The van der Waals surface area contributed by atoms with E-state index >= 15 is 0 Å². The second-order valence-electron chi connectivity index (χ2n) is 4.79. The van der Waals surface area contributed by atoms with Crippen molar-refractivity contribution >= 4 is 21.6 Å². The van der Waals surface area contributed by atoms with Crippen molar-refractivity contribution in [3.05, 3.63) is 51.1 Å². The van der Waals surface area contributed by atoms with Gasteiger partial charge in [-0.3, -0.25) is 9.78 Å². The van der Waals surface area contributed by atoms with Crippen molar-refractivity contribution in [2.75, 3.05) is 11.9 Å². The lowest BCUT2D eigenvalue weighted by Crippen LogP contribution is -2.24. The molecule has 6 heteroatoms. The first-order valence-corrected chi connectivity index (χ1v) is 7.90. The molecule has 0 fully saturated rings. The van der Waals surface area contributed by atoms with E-state index in [1.165, 1.54) is 10.2 Å². The first-order chi connectivity index (χ1) is 10.2. The Morgan fingerprint density at radius 1 is 1.33 bits per heavy atom. The number of nitrogens with one attached hydrogen (secondary N) is 1. The highest BCUT2D eigenvalue weighted by molar-refractivity contribution is 9.10. The minimum Gasteiger partial charge on any atom is -0.382 e. The minimum atomic E-state index is -0.0858. The molecule has 0 radical (unpaired) electrons. The molecule has 0 unspecified atom stereocenters. The third-order valence-electron chi connectivity index (χ3n) is 3.19. The maximum absolute atomic E-state index is 12.1.